The molecule has 0 spiro atoms. The number of thiophene rings is 1. The van der Waals surface area contributed by atoms with Crippen LogP contribution in [0.2, 0.25) is 0 Å². The second kappa shape index (κ2) is 8.61. The van der Waals surface area contributed by atoms with Crippen molar-refractivity contribution in [2.75, 3.05) is 26.0 Å². The quantitative estimate of drug-likeness (QED) is 0.811. The SMILES string of the molecule is CC(=O)Nc1ccc(CC(=O)NC[C@H](c2ccsc2)N(C)C)cc1. The summed E-state index contributed by atoms with van der Waals surface area (Å²) in [7, 11) is 4.02. The second-order valence-electron chi connectivity index (χ2n) is 5.90. The van der Waals surface area contributed by atoms with E-state index in [0.29, 0.717) is 13.0 Å². The Labute approximate surface area is 146 Å². The monoisotopic (exact) mass is 345 g/mol. The average Bonchev–Trinajstić information content (AvgIpc) is 3.02. The van der Waals surface area contributed by atoms with E-state index >= 15 is 0 Å². The van der Waals surface area contributed by atoms with Crippen LogP contribution in [0.5, 0.6) is 0 Å². The third-order valence-electron chi connectivity index (χ3n) is 3.68. The van der Waals surface area contributed by atoms with E-state index in [1.807, 2.05) is 31.6 Å². The number of rotatable bonds is 7. The molecule has 0 radical (unpaired) electrons. The van der Waals surface area contributed by atoms with E-state index in [-0.39, 0.29) is 17.9 Å². The van der Waals surface area contributed by atoms with Crippen LogP contribution < -0.4 is 10.6 Å². The summed E-state index contributed by atoms with van der Waals surface area (Å²) < 4.78 is 0. The summed E-state index contributed by atoms with van der Waals surface area (Å²) in [6.07, 6.45) is 0.324. The predicted molar refractivity (Wildman–Crippen MR) is 98.2 cm³/mol. The summed E-state index contributed by atoms with van der Waals surface area (Å²) in [5, 5.41) is 9.87. The van der Waals surface area contributed by atoms with Gasteiger partial charge >= 0.3 is 0 Å². The Hall–Kier alpha value is -2.18. The summed E-state index contributed by atoms with van der Waals surface area (Å²) >= 11 is 1.66. The van der Waals surface area contributed by atoms with Gasteiger partial charge < -0.3 is 15.5 Å². The van der Waals surface area contributed by atoms with Crippen LogP contribution in [0.4, 0.5) is 5.69 Å². The Morgan fingerprint density at radius 1 is 1.17 bits per heavy atom. The van der Waals surface area contributed by atoms with Gasteiger partial charge in [-0.1, -0.05) is 12.1 Å². The van der Waals surface area contributed by atoms with Crippen molar-refractivity contribution in [3.63, 3.8) is 0 Å². The van der Waals surface area contributed by atoms with E-state index in [1.165, 1.54) is 12.5 Å². The van der Waals surface area contributed by atoms with Gasteiger partial charge in [0.15, 0.2) is 0 Å². The van der Waals surface area contributed by atoms with Crippen molar-refractivity contribution in [3.05, 3.63) is 52.2 Å². The molecular formula is C18H23N3O2S. The van der Waals surface area contributed by atoms with Crippen LogP contribution in [0.25, 0.3) is 0 Å². The van der Waals surface area contributed by atoms with Gasteiger partial charge in [0.05, 0.1) is 12.5 Å². The maximum Gasteiger partial charge on any atom is 0.224 e. The Kier molecular flexibility index (Phi) is 6.52. The third-order valence-corrected chi connectivity index (χ3v) is 4.38. The molecule has 1 aromatic heterocycles. The zero-order chi connectivity index (χ0) is 17.5. The fourth-order valence-electron chi connectivity index (χ4n) is 2.43. The Bertz CT molecular complexity index is 666. The highest BCUT2D eigenvalue weighted by atomic mass is 32.1. The van der Waals surface area contributed by atoms with Crippen LogP contribution in [0.1, 0.15) is 24.1 Å². The molecule has 5 nitrogen and oxygen atoms in total. The summed E-state index contributed by atoms with van der Waals surface area (Å²) in [6.45, 7) is 2.04. The Morgan fingerprint density at radius 3 is 2.42 bits per heavy atom. The molecule has 2 aromatic rings. The van der Waals surface area contributed by atoms with Crippen LogP contribution in [0.3, 0.4) is 0 Å². The molecule has 0 fully saturated rings. The van der Waals surface area contributed by atoms with E-state index in [9.17, 15) is 9.59 Å². The first-order valence-electron chi connectivity index (χ1n) is 7.77. The van der Waals surface area contributed by atoms with Gasteiger partial charge in [-0.2, -0.15) is 11.3 Å². The summed E-state index contributed by atoms with van der Waals surface area (Å²) in [6, 6.07) is 9.57. The van der Waals surface area contributed by atoms with Crippen molar-refractivity contribution in [1.82, 2.24) is 10.2 Å². The van der Waals surface area contributed by atoms with Crippen molar-refractivity contribution >= 4 is 28.8 Å². The van der Waals surface area contributed by atoms with Gasteiger partial charge in [-0.3, -0.25) is 9.59 Å². The predicted octanol–water partition coefficient (Wildman–Crippen LogP) is 2.67. The minimum atomic E-state index is -0.108. The molecule has 2 amide bonds. The number of hydrogen-bond donors (Lipinski definition) is 2. The standard InChI is InChI=1S/C18H23N3O2S/c1-13(22)20-16-6-4-14(5-7-16)10-18(23)19-11-17(21(2)3)15-8-9-24-12-15/h4-9,12,17H,10-11H2,1-3H3,(H,19,23)(H,20,22)/t17-/m1/s1. The highest BCUT2D eigenvalue weighted by Gasteiger charge is 2.15. The van der Waals surface area contributed by atoms with Gasteiger partial charge in [0.25, 0.3) is 0 Å². The fourth-order valence-corrected chi connectivity index (χ4v) is 3.14. The Morgan fingerprint density at radius 2 is 1.88 bits per heavy atom. The molecule has 6 heteroatoms. The van der Waals surface area contributed by atoms with Crippen molar-refractivity contribution in [2.45, 2.75) is 19.4 Å². The summed E-state index contributed by atoms with van der Waals surface area (Å²) in [4.78, 5) is 25.3. The van der Waals surface area contributed by atoms with Crippen molar-refractivity contribution in [3.8, 4) is 0 Å². The normalized spacial score (nSPS) is 12.0. The lowest BCUT2D eigenvalue weighted by atomic mass is 10.1. The van der Waals surface area contributed by atoms with Crippen LogP contribution in [0, 0.1) is 0 Å². The smallest absolute Gasteiger partial charge is 0.224 e. The zero-order valence-electron chi connectivity index (χ0n) is 14.2. The number of carbonyl (C=O) groups excluding carboxylic acids is 2. The molecule has 2 rings (SSSR count). The first kappa shape index (κ1) is 18.2. The van der Waals surface area contributed by atoms with E-state index < -0.39 is 0 Å². The molecule has 2 N–H and O–H groups in total. The molecular weight excluding hydrogens is 322 g/mol. The molecule has 1 heterocycles. The number of nitrogens with zero attached hydrogens (tertiary/aromatic N) is 1. The van der Waals surface area contributed by atoms with Gasteiger partial charge in [-0.15, -0.1) is 0 Å². The van der Waals surface area contributed by atoms with Crippen molar-refractivity contribution < 1.29 is 9.59 Å². The Balaban J connectivity index is 1.87. The van der Waals surface area contributed by atoms with Crippen LogP contribution in [-0.2, 0) is 16.0 Å². The maximum atomic E-state index is 12.2. The highest BCUT2D eigenvalue weighted by Crippen LogP contribution is 2.20. The van der Waals surface area contributed by atoms with E-state index in [1.54, 1.807) is 23.5 Å². The van der Waals surface area contributed by atoms with Crippen molar-refractivity contribution in [2.24, 2.45) is 0 Å². The maximum absolute atomic E-state index is 12.2. The van der Waals surface area contributed by atoms with E-state index in [4.69, 9.17) is 0 Å². The lowest BCUT2D eigenvalue weighted by Crippen LogP contribution is -2.35. The largest absolute Gasteiger partial charge is 0.354 e. The van der Waals surface area contributed by atoms with Crippen LogP contribution in [-0.4, -0.2) is 37.4 Å². The number of amides is 2. The number of anilines is 1. The first-order chi connectivity index (χ1) is 11.5. The fraction of sp³-hybridized carbons (Fsp3) is 0.333. The number of hydrogen-bond acceptors (Lipinski definition) is 4. The van der Waals surface area contributed by atoms with Gasteiger partial charge in [-0.25, -0.2) is 0 Å². The first-order valence-corrected chi connectivity index (χ1v) is 8.71. The lowest BCUT2D eigenvalue weighted by molar-refractivity contribution is -0.120. The number of carbonyl (C=O) groups is 2. The topological polar surface area (TPSA) is 61.4 Å². The molecule has 1 atom stereocenters. The summed E-state index contributed by atoms with van der Waals surface area (Å²) in [5.41, 5.74) is 2.86. The average molecular weight is 345 g/mol. The molecule has 0 saturated heterocycles. The minimum absolute atomic E-state index is 0.00985. The molecule has 0 aliphatic heterocycles. The van der Waals surface area contributed by atoms with Gasteiger partial charge in [0.1, 0.15) is 0 Å². The molecule has 0 aliphatic rings. The number of benzene rings is 1. The van der Waals surface area contributed by atoms with Crippen molar-refractivity contribution in [1.29, 1.82) is 0 Å². The minimum Gasteiger partial charge on any atom is -0.354 e. The number of likely N-dealkylation sites (N-methyl/N-ethyl adjacent to an activating group) is 1. The van der Waals surface area contributed by atoms with Gasteiger partial charge in [0, 0.05) is 19.2 Å². The third kappa shape index (κ3) is 5.47. The molecule has 0 bridgehead atoms. The van der Waals surface area contributed by atoms with Crippen LogP contribution >= 0.6 is 11.3 Å². The molecule has 1 aromatic carbocycles. The highest BCUT2D eigenvalue weighted by molar-refractivity contribution is 7.07. The molecule has 0 unspecified atom stereocenters. The van der Waals surface area contributed by atoms with E-state index in [0.717, 1.165) is 11.3 Å². The van der Waals surface area contributed by atoms with Gasteiger partial charge in [-0.05, 0) is 54.2 Å². The zero-order valence-corrected chi connectivity index (χ0v) is 15.0. The van der Waals surface area contributed by atoms with Gasteiger partial charge in [0.2, 0.25) is 11.8 Å². The molecule has 24 heavy (non-hydrogen) atoms. The lowest BCUT2D eigenvalue weighted by Gasteiger charge is -2.24. The molecule has 128 valence electrons. The molecule has 0 saturated carbocycles. The number of nitrogens with one attached hydrogen (secondary N) is 2. The second-order valence-corrected chi connectivity index (χ2v) is 6.68. The molecule has 0 aliphatic carbocycles. The summed E-state index contributed by atoms with van der Waals surface area (Å²) in [5.74, 6) is -0.118. The van der Waals surface area contributed by atoms with Crippen LogP contribution in [0.15, 0.2) is 41.1 Å². The van der Waals surface area contributed by atoms with E-state index in [2.05, 4.69) is 27.0 Å².